The molecule has 1 atom stereocenters. The Labute approximate surface area is 102 Å². The minimum Gasteiger partial charge on any atom is -0.473 e. The minimum atomic E-state index is -1.82. The van der Waals surface area contributed by atoms with Gasteiger partial charge in [0.05, 0.1) is 18.5 Å². The summed E-state index contributed by atoms with van der Waals surface area (Å²) in [6, 6.07) is 0. The molecule has 0 saturated heterocycles. The van der Waals surface area contributed by atoms with Crippen molar-refractivity contribution in [3.05, 3.63) is 18.2 Å². The molecule has 8 heteroatoms. The zero-order valence-corrected chi connectivity index (χ0v) is 9.83. The summed E-state index contributed by atoms with van der Waals surface area (Å²) >= 11 is 5.44. The molecule has 1 heterocycles. The molecule has 0 aliphatic rings. The van der Waals surface area contributed by atoms with Crippen molar-refractivity contribution < 1.29 is 24.9 Å². The molecule has 0 amide bonds. The van der Waals surface area contributed by atoms with E-state index in [0.717, 1.165) is 5.82 Å². The Kier molecular flexibility index (Phi) is 6.92. The number of alkyl halides is 1. The Balaban J connectivity index is 0.000000366. The maximum absolute atomic E-state index is 9.17. The molecule has 17 heavy (non-hydrogen) atoms. The number of aryl methyl sites for hydroxylation is 1. The molecular weight excluding hydrogens is 252 g/mol. The van der Waals surface area contributed by atoms with Gasteiger partial charge < -0.3 is 19.9 Å². The summed E-state index contributed by atoms with van der Waals surface area (Å²) < 4.78 is 1.87. The number of halogens is 1. The van der Waals surface area contributed by atoms with Crippen LogP contribution in [0.25, 0.3) is 0 Å². The Morgan fingerprint density at radius 2 is 2.00 bits per heavy atom. The third-order valence-electron chi connectivity index (χ3n) is 1.69. The summed E-state index contributed by atoms with van der Waals surface area (Å²) in [5.41, 5.74) is 0. The van der Waals surface area contributed by atoms with Crippen molar-refractivity contribution in [1.29, 1.82) is 0 Å². The van der Waals surface area contributed by atoms with Gasteiger partial charge in [0.2, 0.25) is 0 Å². The monoisotopic (exact) mass is 264 g/mol. The highest BCUT2D eigenvalue weighted by atomic mass is 35.5. The van der Waals surface area contributed by atoms with Crippen molar-refractivity contribution in [2.45, 2.75) is 19.6 Å². The van der Waals surface area contributed by atoms with Crippen LogP contribution >= 0.6 is 11.6 Å². The number of imidazole rings is 1. The van der Waals surface area contributed by atoms with E-state index in [9.17, 15) is 5.11 Å². The van der Waals surface area contributed by atoms with Crippen molar-refractivity contribution in [2.75, 3.05) is 5.88 Å². The highest BCUT2D eigenvalue weighted by molar-refractivity contribution is 6.27. The molecular formula is C9H13ClN2O5. The highest BCUT2D eigenvalue weighted by Gasteiger charge is 2.04. The SMILES string of the molecule is Cc1nccn1C[C@H](O)CCl.O=C(O)C(=O)O. The molecule has 7 nitrogen and oxygen atoms in total. The Hall–Kier alpha value is -1.60. The number of nitrogens with zero attached hydrogens (tertiary/aromatic N) is 2. The van der Waals surface area contributed by atoms with Crippen LogP contribution in [0.5, 0.6) is 0 Å². The maximum atomic E-state index is 9.17. The number of rotatable bonds is 3. The molecule has 0 aromatic carbocycles. The second-order valence-electron chi connectivity index (χ2n) is 3.05. The van der Waals surface area contributed by atoms with E-state index in [1.54, 1.807) is 6.20 Å². The standard InChI is InChI=1S/C7H11ClN2O.C2H2O4/c1-6-9-2-3-10(6)5-7(11)4-8;3-1(4)2(5)6/h2-3,7,11H,4-5H2,1H3;(H,3,4)(H,5,6)/t7-;/m1./s1. The zero-order valence-electron chi connectivity index (χ0n) is 9.08. The number of carbonyl (C=O) groups is 2. The van der Waals surface area contributed by atoms with Gasteiger partial charge in [0, 0.05) is 12.4 Å². The quantitative estimate of drug-likeness (QED) is 0.521. The van der Waals surface area contributed by atoms with Crippen LogP contribution in [0.2, 0.25) is 0 Å². The van der Waals surface area contributed by atoms with Gasteiger partial charge in [-0.1, -0.05) is 0 Å². The average Bonchev–Trinajstić information content (AvgIpc) is 2.65. The lowest BCUT2D eigenvalue weighted by Crippen LogP contribution is -2.17. The van der Waals surface area contributed by atoms with E-state index in [1.807, 2.05) is 17.7 Å². The number of hydrogen-bond acceptors (Lipinski definition) is 4. The molecule has 1 rings (SSSR count). The first-order valence-corrected chi connectivity index (χ1v) is 5.10. The van der Waals surface area contributed by atoms with E-state index in [1.165, 1.54) is 0 Å². The van der Waals surface area contributed by atoms with Crippen molar-refractivity contribution in [3.8, 4) is 0 Å². The molecule has 0 unspecified atom stereocenters. The first kappa shape index (κ1) is 15.4. The van der Waals surface area contributed by atoms with Crippen LogP contribution in [0.15, 0.2) is 12.4 Å². The van der Waals surface area contributed by atoms with Gasteiger partial charge in [0.1, 0.15) is 5.82 Å². The molecule has 0 spiro atoms. The zero-order chi connectivity index (χ0) is 13.4. The topological polar surface area (TPSA) is 113 Å². The van der Waals surface area contributed by atoms with Crippen molar-refractivity contribution >= 4 is 23.5 Å². The van der Waals surface area contributed by atoms with Gasteiger partial charge in [-0.2, -0.15) is 0 Å². The van der Waals surface area contributed by atoms with Crippen LogP contribution < -0.4 is 0 Å². The molecule has 0 aliphatic carbocycles. The largest absolute Gasteiger partial charge is 0.473 e. The van der Waals surface area contributed by atoms with E-state index in [0.29, 0.717) is 6.54 Å². The second kappa shape index (κ2) is 7.64. The van der Waals surface area contributed by atoms with Crippen molar-refractivity contribution in [2.24, 2.45) is 0 Å². The Morgan fingerprint density at radius 1 is 1.47 bits per heavy atom. The number of aliphatic carboxylic acids is 2. The van der Waals surface area contributed by atoms with E-state index >= 15 is 0 Å². The van der Waals surface area contributed by atoms with Crippen LogP contribution in [0, 0.1) is 6.92 Å². The van der Waals surface area contributed by atoms with Gasteiger partial charge >= 0.3 is 11.9 Å². The van der Waals surface area contributed by atoms with Crippen molar-refractivity contribution in [3.63, 3.8) is 0 Å². The Morgan fingerprint density at radius 3 is 2.29 bits per heavy atom. The highest BCUT2D eigenvalue weighted by Crippen LogP contribution is 1.98. The predicted molar refractivity (Wildman–Crippen MR) is 59.0 cm³/mol. The number of carboxylic acid groups (broad SMARTS) is 2. The maximum Gasteiger partial charge on any atom is 0.414 e. The summed E-state index contributed by atoms with van der Waals surface area (Å²) in [6.45, 7) is 2.41. The van der Waals surface area contributed by atoms with E-state index in [4.69, 9.17) is 31.4 Å². The minimum absolute atomic E-state index is 0.262. The molecule has 0 saturated carbocycles. The summed E-state index contributed by atoms with van der Waals surface area (Å²) in [6.07, 6.45) is 3.05. The molecule has 1 aromatic rings. The fourth-order valence-electron chi connectivity index (χ4n) is 0.873. The van der Waals surface area contributed by atoms with Crippen LogP contribution in [0.1, 0.15) is 5.82 Å². The number of aromatic nitrogens is 2. The summed E-state index contributed by atoms with van der Waals surface area (Å²) in [7, 11) is 0. The van der Waals surface area contributed by atoms with Crippen LogP contribution in [-0.4, -0.2) is 48.8 Å². The van der Waals surface area contributed by atoms with Gasteiger partial charge in [-0.3, -0.25) is 0 Å². The lowest BCUT2D eigenvalue weighted by Gasteiger charge is -2.08. The molecule has 3 N–H and O–H groups in total. The fourth-order valence-corrected chi connectivity index (χ4v) is 0.970. The van der Waals surface area contributed by atoms with E-state index in [-0.39, 0.29) is 5.88 Å². The molecule has 0 bridgehead atoms. The van der Waals surface area contributed by atoms with E-state index < -0.39 is 18.0 Å². The lowest BCUT2D eigenvalue weighted by molar-refractivity contribution is -0.159. The van der Waals surface area contributed by atoms with Crippen LogP contribution in [-0.2, 0) is 16.1 Å². The summed E-state index contributed by atoms with van der Waals surface area (Å²) in [5.74, 6) is -2.49. The number of aliphatic hydroxyl groups is 1. The fraction of sp³-hybridized carbons (Fsp3) is 0.444. The lowest BCUT2D eigenvalue weighted by atomic mass is 10.4. The van der Waals surface area contributed by atoms with E-state index in [2.05, 4.69) is 4.98 Å². The van der Waals surface area contributed by atoms with Crippen LogP contribution in [0.4, 0.5) is 0 Å². The second-order valence-corrected chi connectivity index (χ2v) is 3.35. The number of aliphatic hydroxyl groups excluding tert-OH is 1. The van der Waals surface area contributed by atoms with Crippen molar-refractivity contribution in [1.82, 2.24) is 9.55 Å². The van der Waals surface area contributed by atoms with Gasteiger partial charge in [-0.25, -0.2) is 14.6 Å². The summed E-state index contributed by atoms with van der Waals surface area (Å²) in [5, 5.41) is 24.0. The number of hydrogen-bond donors (Lipinski definition) is 3. The van der Waals surface area contributed by atoms with Gasteiger partial charge in [-0.15, -0.1) is 11.6 Å². The molecule has 0 fully saturated rings. The third kappa shape index (κ3) is 6.54. The molecule has 0 radical (unpaired) electrons. The van der Waals surface area contributed by atoms with Crippen LogP contribution in [0.3, 0.4) is 0 Å². The molecule has 96 valence electrons. The normalized spacial score (nSPS) is 11.2. The predicted octanol–water partition coefficient (Wildman–Crippen LogP) is -0.0532. The van der Waals surface area contributed by atoms with Gasteiger partial charge in [0.15, 0.2) is 0 Å². The average molecular weight is 265 g/mol. The third-order valence-corrected chi connectivity index (χ3v) is 2.05. The first-order chi connectivity index (χ1) is 7.88. The van der Waals surface area contributed by atoms with Gasteiger partial charge in [0.25, 0.3) is 0 Å². The van der Waals surface area contributed by atoms with Gasteiger partial charge in [-0.05, 0) is 6.92 Å². The molecule has 0 aliphatic heterocycles. The smallest absolute Gasteiger partial charge is 0.414 e. The first-order valence-electron chi connectivity index (χ1n) is 4.56. The molecule has 1 aromatic heterocycles. The number of carboxylic acids is 2. The summed E-state index contributed by atoms with van der Waals surface area (Å²) in [4.78, 5) is 22.2. The Bertz CT molecular complexity index is 367.